The maximum Gasteiger partial charge on any atom is 0.222 e. The molecule has 3 rings (SSSR count). The van der Waals surface area contributed by atoms with Gasteiger partial charge in [0.25, 0.3) is 0 Å². The fourth-order valence-electron chi connectivity index (χ4n) is 3.73. The minimum absolute atomic E-state index is 0.339. The summed E-state index contributed by atoms with van der Waals surface area (Å²) in [7, 11) is 0. The summed E-state index contributed by atoms with van der Waals surface area (Å²) in [5.41, 5.74) is 1.24. The number of nitrogens with zero attached hydrogens (tertiary/aromatic N) is 2. The van der Waals surface area contributed by atoms with E-state index in [0.717, 1.165) is 76.3 Å². The number of fused-ring (bicyclic) bond motifs is 1. The molecule has 0 radical (unpaired) electrons. The lowest BCUT2D eigenvalue weighted by Gasteiger charge is -2.35. The topological polar surface area (TPSA) is 42.0 Å². The maximum atomic E-state index is 12.2. The summed E-state index contributed by atoms with van der Waals surface area (Å²) in [5.74, 6) is 2.15. The Labute approximate surface area is 157 Å². The van der Waals surface area contributed by atoms with Gasteiger partial charge in [0.2, 0.25) is 5.91 Å². The third-order valence-corrected chi connectivity index (χ3v) is 5.29. The van der Waals surface area contributed by atoms with Crippen molar-refractivity contribution < 1.29 is 14.3 Å². The monoisotopic (exact) mass is 360 g/mol. The minimum Gasteiger partial charge on any atom is -0.486 e. The molecule has 1 aromatic carbocycles. The Bertz CT molecular complexity index is 583. The fraction of sp³-hybridized carbons (Fsp3) is 0.667. The largest absolute Gasteiger partial charge is 0.486 e. The van der Waals surface area contributed by atoms with Crippen LogP contribution in [0.4, 0.5) is 0 Å². The number of amides is 1. The number of ether oxygens (including phenoxy) is 2. The molecule has 0 bridgehead atoms. The first kappa shape index (κ1) is 19.0. The molecule has 2 heterocycles. The molecular formula is C21H32N2O3. The maximum absolute atomic E-state index is 12.2. The summed E-state index contributed by atoms with van der Waals surface area (Å²) in [4.78, 5) is 16.7. The van der Waals surface area contributed by atoms with E-state index in [1.807, 2.05) is 17.0 Å². The second-order valence-electron chi connectivity index (χ2n) is 7.22. The van der Waals surface area contributed by atoms with Gasteiger partial charge in [0.15, 0.2) is 11.5 Å². The van der Waals surface area contributed by atoms with Gasteiger partial charge in [0.1, 0.15) is 13.2 Å². The highest BCUT2D eigenvalue weighted by molar-refractivity contribution is 5.76. The zero-order valence-corrected chi connectivity index (χ0v) is 16.0. The number of piperazine rings is 1. The average Bonchev–Trinajstić information content (AvgIpc) is 2.69. The van der Waals surface area contributed by atoms with Crippen molar-refractivity contribution in [3.05, 3.63) is 23.8 Å². The number of unbranched alkanes of at least 4 members (excludes halogenated alkanes) is 2. The van der Waals surface area contributed by atoms with Gasteiger partial charge in [-0.1, -0.05) is 31.9 Å². The van der Waals surface area contributed by atoms with Crippen LogP contribution in [0.15, 0.2) is 18.2 Å². The number of carbonyl (C=O) groups is 1. The van der Waals surface area contributed by atoms with Crippen molar-refractivity contribution in [2.45, 2.75) is 45.4 Å². The van der Waals surface area contributed by atoms with Crippen LogP contribution in [-0.4, -0.2) is 61.6 Å². The SMILES string of the molecule is CCCCCC(=O)N1CCN(CCCc2cccc3c2OCCO3)CC1. The van der Waals surface area contributed by atoms with E-state index < -0.39 is 0 Å². The fourth-order valence-corrected chi connectivity index (χ4v) is 3.73. The van der Waals surface area contributed by atoms with Crippen molar-refractivity contribution in [2.75, 3.05) is 45.9 Å². The van der Waals surface area contributed by atoms with Crippen molar-refractivity contribution in [3.8, 4) is 11.5 Å². The zero-order valence-electron chi connectivity index (χ0n) is 16.0. The van der Waals surface area contributed by atoms with E-state index in [-0.39, 0.29) is 0 Å². The molecule has 2 aliphatic rings. The Morgan fingerprint density at radius 1 is 1.04 bits per heavy atom. The average molecular weight is 360 g/mol. The van der Waals surface area contributed by atoms with Crippen molar-refractivity contribution in [2.24, 2.45) is 0 Å². The quantitative estimate of drug-likeness (QED) is 0.668. The molecule has 0 aliphatic carbocycles. The first-order valence-electron chi connectivity index (χ1n) is 10.2. The third-order valence-electron chi connectivity index (χ3n) is 5.29. The van der Waals surface area contributed by atoms with Crippen LogP contribution >= 0.6 is 0 Å². The summed E-state index contributed by atoms with van der Waals surface area (Å²) >= 11 is 0. The molecule has 5 heteroatoms. The van der Waals surface area contributed by atoms with Gasteiger partial charge < -0.3 is 14.4 Å². The second kappa shape index (κ2) is 9.81. The number of para-hydroxylation sites is 1. The molecular weight excluding hydrogens is 328 g/mol. The summed E-state index contributed by atoms with van der Waals surface area (Å²) < 4.78 is 11.5. The molecule has 1 fully saturated rings. The van der Waals surface area contributed by atoms with Gasteiger partial charge in [-0.25, -0.2) is 0 Å². The molecule has 26 heavy (non-hydrogen) atoms. The molecule has 1 amide bonds. The highest BCUT2D eigenvalue weighted by atomic mass is 16.6. The zero-order chi connectivity index (χ0) is 18.2. The highest BCUT2D eigenvalue weighted by Crippen LogP contribution is 2.34. The van der Waals surface area contributed by atoms with Crippen LogP contribution in [0.25, 0.3) is 0 Å². The molecule has 1 aromatic rings. The molecule has 0 atom stereocenters. The Balaban J connectivity index is 1.37. The van der Waals surface area contributed by atoms with Crippen molar-refractivity contribution in [1.29, 1.82) is 0 Å². The molecule has 1 saturated heterocycles. The van der Waals surface area contributed by atoms with Crippen LogP contribution in [0.2, 0.25) is 0 Å². The Morgan fingerprint density at radius 3 is 2.65 bits per heavy atom. The lowest BCUT2D eigenvalue weighted by molar-refractivity contribution is -0.133. The minimum atomic E-state index is 0.339. The van der Waals surface area contributed by atoms with Gasteiger partial charge in [0, 0.05) is 32.6 Å². The third kappa shape index (κ3) is 5.13. The van der Waals surface area contributed by atoms with Crippen molar-refractivity contribution in [1.82, 2.24) is 9.80 Å². The first-order valence-corrected chi connectivity index (χ1v) is 10.2. The van der Waals surface area contributed by atoms with Crippen molar-refractivity contribution in [3.63, 3.8) is 0 Å². The van der Waals surface area contributed by atoms with Gasteiger partial charge in [-0.2, -0.15) is 0 Å². The summed E-state index contributed by atoms with van der Waals surface area (Å²) in [6, 6.07) is 6.17. The molecule has 0 aromatic heterocycles. The van der Waals surface area contributed by atoms with E-state index in [4.69, 9.17) is 9.47 Å². The summed E-state index contributed by atoms with van der Waals surface area (Å²) in [5, 5.41) is 0. The van der Waals surface area contributed by atoms with Crippen LogP contribution in [-0.2, 0) is 11.2 Å². The van der Waals surface area contributed by atoms with Crippen LogP contribution in [0.5, 0.6) is 11.5 Å². The number of hydrogen-bond donors (Lipinski definition) is 0. The predicted molar refractivity (Wildman–Crippen MR) is 103 cm³/mol. The van der Waals surface area contributed by atoms with Gasteiger partial charge in [-0.05, 0) is 37.4 Å². The molecule has 0 spiro atoms. The Morgan fingerprint density at radius 2 is 1.85 bits per heavy atom. The van der Waals surface area contributed by atoms with Crippen molar-refractivity contribution >= 4 is 5.91 Å². The van der Waals surface area contributed by atoms with Gasteiger partial charge in [-0.3, -0.25) is 9.69 Å². The van der Waals surface area contributed by atoms with Gasteiger partial charge >= 0.3 is 0 Å². The Hall–Kier alpha value is -1.75. The summed E-state index contributed by atoms with van der Waals surface area (Å²) in [6.45, 7) is 8.26. The van der Waals surface area contributed by atoms with Gasteiger partial charge in [-0.15, -0.1) is 0 Å². The number of benzene rings is 1. The smallest absolute Gasteiger partial charge is 0.222 e. The van der Waals surface area contributed by atoms with E-state index in [0.29, 0.717) is 19.1 Å². The highest BCUT2D eigenvalue weighted by Gasteiger charge is 2.21. The summed E-state index contributed by atoms with van der Waals surface area (Å²) in [6.07, 6.45) is 6.18. The van der Waals surface area contributed by atoms with Gasteiger partial charge in [0.05, 0.1) is 0 Å². The molecule has 0 N–H and O–H groups in total. The number of aryl methyl sites for hydroxylation is 1. The standard InChI is InChI=1S/C21H32N2O3/c1-2-3-4-10-20(24)23-14-12-22(13-15-23)11-6-8-18-7-5-9-19-21(18)26-17-16-25-19/h5,7,9H,2-4,6,8,10-17H2,1H3. The molecule has 5 nitrogen and oxygen atoms in total. The van der Waals surface area contributed by atoms with Crippen LogP contribution < -0.4 is 9.47 Å². The lowest BCUT2D eigenvalue weighted by Crippen LogP contribution is -2.48. The lowest BCUT2D eigenvalue weighted by atomic mass is 10.1. The first-order chi connectivity index (χ1) is 12.8. The molecule has 2 aliphatic heterocycles. The van der Waals surface area contributed by atoms with E-state index >= 15 is 0 Å². The van der Waals surface area contributed by atoms with E-state index in [1.165, 1.54) is 12.0 Å². The number of carbonyl (C=O) groups excluding carboxylic acids is 1. The predicted octanol–water partition coefficient (Wildman–Crippen LogP) is 3.11. The number of rotatable bonds is 8. The second-order valence-corrected chi connectivity index (χ2v) is 7.22. The van der Waals surface area contributed by atoms with E-state index in [2.05, 4.69) is 17.9 Å². The van der Waals surface area contributed by atoms with E-state index in [1.54, 1.807) is 0 Å². The Kier molecular flexibility index (Phi) is 7.18. The normalized spacial score (nSPS) is 17.3. The number of hydrogen-bond acceptors (Lipinski definition) is 4. The molecule has 0 saturated carbocycles. The van der Waals surface area contributed by atoms with Crippen LogP contribution in [0.1, 0.15) is 44.6 Å². The van der Waals surface area contributed by atoms with Crippen LogP contribution in [0.3, 0.4) is 0 Å². The molecule has 0 unspecified atom stereocenters. The van der Waals surface area contributed by atoms with Crippen LogP contribution in [0, 0.1) is 0 Å². The molecule has 144 valence electrons. The van der Waals surface area contributed by atoms with E-state index in [9.17, 15) is 4.79 Å².